The Labute approximate surface area is 104 Å². The van der Waals surface area contributed by atoms with Crippen LogP contribution in [0.3, 0.4) is 0 Å². The Bertz CT molecular complexity index is 249. The van der Waals surface area contributed by atoms with E-state index in [4.69, 9.17) is 10.8 Å². The zero-order valence-corrected chi connectivity index (χ0v) is 11.5. The number of halogens is 3. The molecule has 0 bridgehead atoms. The van der Waals surface area contributed by atoms with Gasteiger partial charge in [0, 0.05) is 15.4 Å². The maximum Gasteiger partial charge on any atom is 0.0843 e. The summed E-state index contributed by atoms with van der Waals surface area (Å²) in [5.41, 5.74) is 5.59. The molecule has 13 heavy (non-hydrogen) atoms. The fraction of sp³-hybridized carbons (Fsp3) is 0.429. The van der Waals surface area contributed by atoms with Crippen molar-refractivity contribution in [1.29, 1.82) is 0 Å². The Morgan fingerprint density at radius 3 is 2.54 bits per heavy atom. The molecule has 2 nitrogen and oxygen atoms in total. The molecule has 1 aromatic heterocycles. The van der Waals surface area contributed by atoms with Crippen LogP contribution in [0.2, 0.25) is 0 Å². The van der Waals surface area contributed by atoms with E-state index >= 15 is 0 Å². The summed E-state index contributed by atoms with van der Waals surface area (Å²) in [4.78, 5) is 1.18. The van der Waals surface area contributed by atoms with Gasteiger partial charge < -0.3 is 10.8 Å². The standard InChI is InChI=1S/C7H9Br2NOS.ClH/c8-6-2-5(12-7(6)9)1-4(10)3-11;/h2,4,11H,1,3,10H2;1H. The van der Waals surface area contributed by atoms with Gasteiger partial charge in [0.2, 0.25) is 0 Å². The second-order valence-electron chi connectivity index (χ2n) is 2.48. The first-order chi connectivity index (χ1) is 5.63. The van der Waals surface area contributed by atoms with Crippen molar-refractivity contribution in [3.05, 3.63) is 19.2 Å². The zero-order valence-electron chi connectivity index (χ0n) is 6.67. The molecule has 0 fully saturated rings. The van der Waals surface area contributed by atoms with Gasteiger partial charge in [0.25, 0.3) is 0 Å². The van der Waals surface area contributed by atoms with Crippen molar-refractivity contribution >= 4 is 55.6 Å². The van der Waals surface area contributed by atoms with Gasteiger partial charge in [0.15, 0.2) is 0 Å². The summed E-state index contributed by atoms with van der Waals surface area (Å²) in [6.45, 7) is 0.0349. The van der Waals surface area contributed by atoms with E-state index in [2.05, 4.69) is 31.9 Å². The second kappa shape index (κ2) is 6.37. The van der Waals surface area contributed by atoms with Crippen molar-refractivity contribution in [2.45, 2.75) is 12.5 Å². The average Bonchev–Trinajstić information content (AvgIpc) is 2.31. The van der Waals surface area contributed by atoms with E-state index < -0.39 is 0 Å². The molecule has 0 aromatic carbocycles. The molecule has 1 unspecified atom stereocenters. The topological polar surface area (TPSA) is 46.2 Å². The van der Waals surface area contributed by atoms with Gasteiger partial charge in [-0.15, -0.1) is 23.7 Å². The van der Waals surface area contributed by atoms with Gasteiger partial charge in [0.05, 0.1) is 10.4 Å². The summed E-state index contributed by atoms with van der Waals surface area (Å²) in [6, 6.07) is 1.87. The number of rotatable bonds is 3. The van der Waals surface area contributed by atoms with Crippen LogP contribution < -0.4 is 5.73 Å². The lowest BCUT2D eigenvalue weighted by Crippen LogP contribution is -2.26. The van der Waals surface area contributed by atoms with Gasteiger partial charge in [0.1, 0.15) is 0 Å². The summed E-state index contributed by atoms with van der Waals surface area (Å²) < 4.78 is 2.12. The Balaban J connectivity index is 0.00000144. The van der Waals surface area contributed by atoms with Crippen molar-refractivity contribution in [1.82, 2.24) is 0 Å². The fourth-order valence-electron chi connectivity index (χ4n) is 0.815. The van der Waals surface area contributed by atoms with Crippen LogP contribution in [0, 0.1) is 0 Å². The van der Waals surface area contributed by atoms with Gasteiger partial charge >= 0.3 is 0 Å². The maximum absolute atomic E-state index is 8.73. The third kappa shape index (κ3) is 4.27. The van der Waals surface area contributed by atoms with E-state index in [1.807, 2.05) is 6.07 Å². The number of aliphatic hydroxyl groups excluding tert-OH is 1. The molecule has 6 heteroatoms. The highest BCUT2D eigenvalue weighted by atomic mass is 79.9. The fourth-order valence-corrected chi connectivity index (χ4v) is 3.08. The van der Waals surface area contributed by atoms with Crippen molar-refractivity contribution in [3.8, 4) is 0 Å². The number of hydrogen-bond donors (Lipinski definition) is 2. The molecule has 1 aromatic rings. The maximum atomic E-state index is 8.73. The highest BCUT2D eigenvalue weighted by molar-refractivity contribution is 9.13. The van der Waals surface area contributed by atoms with Crippen LogP contribution in [0.25, 0.3) is 0 Å². The molecule has 0 radical (unpaired) electrons. The van der Waals surface area contributed by atoms with E-state index in [1.54, 1.807) is 11.3 Å². The molecule has 1 rings (SSSR count). The Kier molecular flexibility index (Phi) is 6.80. The van der Waals surface area contributed by atoms with Crippen LogP contribution in [-0.2, 0) is 6.42 Å². The minimum atomic E-state index is -0.151. The van der Waals surface area contributed by atoms with Crippen LogP contribution >= 0.6 is 55.6 Å². The van der Waals surface area contributed by atoms with Crippen LogP contribution in [0.5, 0.6) is 0 Å². The third-order valence-electron chi connectivity index (χ3n) is 1.39. The molecule has 0 aliphatic rings. The minimum Gasteiger partial charge on any atom is -0.395 e. The second-order valence-corrected chi connectivity index (χ2v) is 5.79. The Hall–Kier alpha value is 0.870. The summed E-state index contributed by atoms with van der Waals surface area (Å²) >= 11 is 8.42. The number of hydrogen-bond acceptors (Lipinski definition) is 3. The monoisotopic (exact) mass is 349 g/mol. The molecule has 1 heterocycles. The van der Waals surface area contributed by atoms with Crippen molar-refractivity contribution in [3.63, 3.8) is 0 Å². The van der Waals surface area contributed by atoms with E-state index in [1.165, 1.54) is 4.88 Å². The predicted octanol–water partition coefficient (Wildman–Crippen LogP) is 2.56. The Morgan fingerprint density at radius 2 is 2.15 bits per heavy atom. The summed E-state index contributed by atoms with van der Waals surface area (Å²) in [7, 11) is 0. The molecule has 3 N–H and O–H groups in total. The van der Waals surface area contributed by atoms with Crippen LogP contribution in [-0.4, -0.2) is 17.8 Å². The number of aliphatic hydroxyl groups is 1. The molecule has 0 aliphatic heterocycles. The lowest BCUT2D eigenvalue weighted by molar-refractivity contribution is 0.265. The van der Waals surface area contributed by atoms with Crippen LogP contribution in [0.1, 0.15) is 4.88 Å². The molecule has 1 atom stereocenters. The van der Waals surface area contributed by atoms with Gasteiger partial charge in [-0.25, -0.2) is 0 Å². The number of nitrogens with two attached hydrogens (primary N) is 1. The molecule has 0 saturated heterocycles. The van der Waals surface area contributed by atoms with Gasteiger partial charge in [-0.05, 0) is 44.3 Å². The SMILES string of the molecule is Cl.NC(CO)Cc1cc(Br)c(Br)s1. The normalized spacial score (nSPS) is 12.3. The quantitative estimate of drug-likeness (QED) is 0.879. The number of thiophene rings is 1. The first-order valence-corrected chi connectivity index (χ1v) is 5.84. The molecule has 76 valence electrons. The molecule has 0 saturated carbocycles. The largest absolute Gasteiger partial charge is 0.395 e. The zero-order chi connectivity index (χ0) is 9.14. The molecule has 0 spiro atoms. The van der Waals surface area contributed by atoms with E-state index in [0.717, 1.165) is 14.7 Å². The van der Waals surface area contributed by atoms with Crippen molar-refractivity contribution in [2.75, 3.05) is 6.61 Å². The predicted molar refractivity (Wildman–Crippen MR) is 65.7 cm³/mol. The van der Waals surface area contributed by atoms with Crippen LogP contribution in [0.4, 0.5) is 0 Å². The summed E-state index contributed by atoms with van der Waals surface area (Å²) in [6.07, 6.45) is 0.728. The van der Waals surface area contributed by atoms with Crippen molar-refractivity contribution in [2.24, 2.45) is 5.73 Å². The molecule has 0 aliphatic carbocycles. The lowest BCUT2D eigenvalue weighted by Gasteiger charge is -2.03. The Morgan fingerprint density at radius 1 is 1.54 bits per heavy atom. The van der Waals surface area contributed by atoms with Gasteiger partial charge in [-0.2, -0.15) is 0 Å². The highest BCUT2D eigenvalue weighted by Crippen LogP contribution is 2.32. The third-order valence-corrected chi connectivity index (χ3v) is 4.67. The van der Waals surface area contributed by atoms with E-state index in [-0.39, 0.29) is 25.1 Å². The summed E-state index contributed by atoms with van der Waals surface area (Å²) in [5.74, 6) is 0. The minimum absolute atomic E-state index is 0. The smallest absolute Gasteiger partial charge is 0.0843 e. The molecule has 0 amide bonds. The van der Waals surface area contributed by atoms with Gasteiger partial charge in [-0.1, -0.05) is 0 Å². The van der Waals surface area contributed by atoms with E-state index in [0.29, 0.717) is 0 Å². The van der Waals surface area contributed by atoms with Gasteiger partial charge in [-0.3, -0.25) is 0 Å². The van der Waals surface area contributed by atoms with Crippen LogP contribution in [0.15, 0.2) is 14.3 Å². The van der Waals surface area contributed by atoms with E-state index in [9.17, 15) is 0 Å². The first kappa shape index (κ1) is 13.9. The first-order valence-electron chi connectivity index (χ1n) is 3.43. The molecular formula is C7H10Br2ClNOS. The highest BCUT2D eigenvalue weighted by Gasteiger charge is 2.07. The summed E-state index contributed by atoms with van der Waals surface area (Å²) in [5, 5.41) is 8.73. The van der Waals surface area contributed by atoms with Crippen molar-refractivity contribution < 1.29 is 5.11 Å². The average molecular weight is 351 g/mol. The molecular weight excluding hydrogens is 341 g/mol. The lowest BCUT2D eigenvalue weighted by atomic mass is 10.2.